The molecular formula is C12H19N3O2S2. The number of nitrogens with zero attached hydrogens (tertiary/aromatic N) is 2. The number of aliphatic hydroxyl groups excluding tert-OH is 1. The number of thioether (sulfide) groups is 2. The highest BCUT2D eigenvalue weighted by Crippen LogP contribution is 2.43. The van der Waals surface area contributed by atoms with Crippen LogP contribution in [-0.2, 0) is 0 Å². The van der Waals surface area contributed by atoms with Crippen LogP contribution in [0.2, 0.25) is 0 Å². The molecule has 5 nitrogen and oxygen atoms in total. The van der Waals surface area contributed by atoms with Crippen molar-refractivity contribution in [2.75, 3.05) is 18.1 Å². The van der Waals surface area contributed by atoms with Gasteiger partial charge in [0, 0.05) is 23.3 Å². The second kappa shape index (κ2) is 6.03. The summed E-state index contributed by atoms with van der Waals surface area (Å²) in [6.45, 7) is 2.82. The maximum Gasteiger partial charge on any atom is 0.243 e. The van der Waals surface area contributed by atoms with E-state index in [1.54, 1.807) is 0 Å². The predicted octanol–water partition coefficient (Wildman–Crippen LogP) is 1.76. The average Bonchev–Trinajstić information content (AvgIpc) is 3.07. The summed E-state index contributed by atoms with van der Waals surface area (Å²) in [4.78, 5) is 4.56. The molecule has 1 aromatic heterocycles. The normalized spacial score (nSPS) is 35.7. The van der Waals surface area contributed by atoms with Gasteiger partial charge in [0.05, 0.1) is 17.4 Å². The van der Waals surface area contributed by atoms with E-state index in [-0.39, 0.29) is 12.1 Å². The molecule has 2 fully saturated rings. The molecule has 106 valence electrons. The SMILES string of the molecule is CCC1SCCSC1c1noc([C@@H]2C[C@@H](O)CN2)n1. The third kappa shape index (κ3) is 2.94. The van der Waals surface area contributed by atoms with Crippen LogP contribution >= 0.6 is 23.5 Å². The Hall–Kier alpha value is -0.240. The molecule has 3 heterocycles. The summed E-state index contributed by atoms with van der Waals surface area (Å²) in [7, 11) is 0. The van der Waals surface area contributed by atoms with E-state index in [4.69, 9.17) is 4.52 Å². The van der Waals surface area contributed by atoms with Crippen molar-refractivity contribution in [1.82, 2.24) is 15.5 Å². The molecule has 1 aromatic rings. The third-order valence-corrected chi connectivity index (χ3v) is 6.81. The van der Waals surface area contributed by atoms with E-state index < -0.39 is 0 Å². The second-order valence-corrected chi connectivity index (χ2v) is 7.55. The topological polar surface area (TPSA) is 71.2 Å². The van der Waals surface area contributed by atoms with Gasteiger partial charge in [0.2, 0.25) is 5.89 Å². The lowest BCUT2D eigenvalue weighted by atomic mass is 10.2. The molecule has 0 spiro atoms. The average molecular weight is 301 g/mol. The summed E-state index contributed by atoms with van der Waals surface area (Å²) < 4.78 is 5.39. The van der Waals surface area contributed by atoms with Crippen LogP contribution in [0.4, 0.5) is 0 Å². The Morgan fingerprint density at radius 1 is 1.42 bits per heavy atom. The van der Waals surface area contributed by atoms with Crippen LogP contribution in [0.5, 0.6) is 0 Å². The number of hydrogen-bond acceptors (Lipinski definition) is 7. The van der Waals surface area contributed by atoms with E-state index >= 15 is 0 Å². The first-order valence-corrected chi connectivity index (χ1v) is 8.85. The zero-order chi connectivity index (χ0) is 13.2. The molecule has 2 saturated heterocycles. The summed E-state index contributed by atoms with van der Waals surface area (Å²) in [5.41, 5.74) is 0. The lowest BCUT2D eigenvalue weighted by molar-refractivity contribution is 0.191. The predicted molar refractivity (Wildman–Crippen MR) is 77.4 cm³/mol. The van der Waals surface area contributed by atoms with Crippen LogP contribution in [0.1, 0.15) is 42.8 Å². The largest absolute Gasteiger partial charge is 0.392 e. The van der Waals surface area contributed by atoms with Gasteiger partial charge in [-0.05, 0) is 12.8 Å². The molecule has 0 aliphatic carbocycles. The van der Waals surface area contributed by atoms with Gasteiger partial charge in [-0.1, -0.05) is 12.1 Å². The zero-order valence-electron chi connectivity index (χ0n) is 10.9. The molecule has 0 radical (unpaired) electrons. The van der Waals surface area contributed by atoms with E-state index in [2.05, 4.69) is 22.4 Å². The minimum absolute atomic E-state index is 0.0116. The highest BCUT2D eigenvalue weighted by atomic mass is 32.2. The van der Waals surface area contributed by atoms with Crippen LogP contribution in [0.3, 0.4) is 0 Å². The molecule has 2 aliphatic rings. The Kier molecular flexibility index (Phi) is 4.36. The Morgan fingerprint density at radius 2 is 2.26 bits per heavy atom. The van der Waals surface area contributed by atoms with E-state index in [1.807, 2.05) is 23.5 Å². The van der Waals surface area contributed by atoms with Gasteiger partial charge in [0.15, 0.2) is 5.82 Å². The number of aliphatic hydroxyl groups is 1. The first-order valence-electron chi connectivity index (χ1n) is 6.76. The quantitative estimate of drug-likeness (QED) is 0.881. The summed E-state index contributed by atoms with van der Waals surface area (Å²) in [6.07, 6.45) is 1.49. The zero-order valence-corrected chi connectivity index (χ0v) is 12.5. The van der Waals surface area contributed by atoms with Crippen LogP contribution < -0.4 is 5.32 Å². The smallest absolute Gasteiger partial charge is 0.243 e. The van der Waals surface area contributed by atoms with Gasteiger partial charge in [0.25, 0.3) is 0 Å². The van der Waals surface area contributed by atoms with E-state index in [0.29, 0.717) is 29.4 Å². The van der Waals surface area contributed by atoms with Crippen LogP contribution in [-0.4, -0.2) is 44.7 Å². The van der Waals surface area contributed by atoms with Crippen LogP contribution in [0.15, 0.2) is 4.52 Å². The number of hydrogen-bond donors (Lipinski definition) is 2. The summed E-state index contributed by atoms with van der Waals surface area (Å²) in [5.74, 6) is 3.80. The van der Waals surface area contributed by atoms with E-state index in [1.165, 1.54) is 5.75 Å². The number of β-amino-alcohol motifs (C(OH)–C–C–N with tert-alkyl or cyclic N) is 1. The van der Waals surface area contributed by atoms with Gasteiger partial charge in [-0.25, -0.2) is 0 Å². The number of nitrogens with one attached hydrogen (secondary N) is 1. The second-order valence-electron chi connectivity index (χ2n) is 4.95. The van der Waals surface area contributed by atoms with Crippen LogP contribution in [0, 0.1) is 0 Å². The molecule has 2 unspecified atom stereocenters. The van der Waals surface area contributed by atoms with Crippen molar-refractivity contribution in [2.24, 2.45) is 0 Å². The van der Waals surface area contributed by atoms with Gasteiger partial charge in [-0.3, -0.25) is 0 Å². The third-order valence-electron chi connectivity index (χ3n) is 3.57. The standard InChI is InChI=1S/C12H19N3O2S2/c1-2-9-10(19-4-3-18-9)11-14-12(17-15-11)8-5-7(16)6-13-8/h7-10,13,16H,2-6H2,1H3/t7-,8+,9?,10?/m1/s1. The van der Waals surface area contributed by atoms with Gasteiger partial charge >= 0.3 is 0 Å². The number of aromatic nitrogens is 2. The maximum atomic E-state index is 9.54. The van der Waals surface area contributed by atoms with Gasteiger partial charge in [0.1, 0.15) is 0 Å². The molecule has 0 amide bonds. The molecular weight excluding hydrogens is 282 g/mol. The number of rotatable bonds is 3. The molecule has 0 saturated carbocycles. The first kappa shape index (κ1) is 13.7. The summed E-state index contributed by atoms with van der Waals surface area (Å²) in [6, 6.07) is 0.0116. The monoisotopic (exact) mass is 301 g/mol. The van der Waals surface area contributed by atoms with Crippen molar-refractivity contribution < 1.29 is 9.63 Å². The minimum atomic E-state index is -0.302. The van der Waals surface area contributed by atoms with Crippen molar-refractivity contribution >= 4 is 23.5 Å². The summed E-state index contributed by atoms with van der Waals surface area (Å²) >= 11 is 3.94. The van der Waals surface area contributed by atoms with Gasteiger partial charge in [-0.2, -0.15) is 16.7 Å². The highest BCUT2D eigenvalue weighted by molar-refractivity contribution is 8.06. The molecule has 2 N–H and O–H groups in total. The minimum Gasteiger partial charge on any atom is -0.392 e. The fourth-order valence-corrected chi connectivity index (χ4v) is 5.53. The van der Waals surface area contributed by atoms with Crippen molar-refractivity contribution in [3.63, 3.8) is 0 Å². The molecule has 0 aromatic carbocycles. The van der Waals surface area contributed by atoms with Gasteiger partial charge < -0.3 is 14.9 Å². The lowest BCUT2D eigenvalue weighted by Gasteiger charge is -2.27. The van der Waals surface area contributed by atoms with Crippen LogP contribution in [0.25, 0.3) is 0 Å². The molecule has 19 heavy (non-hydrogen) atoms. The van der Waals surface area contributed by atoms with E-state index in [9.17, 15) is 5.11 Å². The maximum absolute atomic E-state index is 9.54. The van der Waals surface area contributed by atoms with Crippen molar-refractivity contribution in [2.45, 2.75) is 42.4 Å². The van der Waals surface area contributed by atoms with E-state index in [0.717, 1.165) is 18.0 Å². The first-order chi connectivity index (χ1) is 9.28. The summed E-state index contributed by atoms with van der Waals surface area (Å²) in [5, 5.41) is 17.8. The van der Waals surface area contributed by atoms with Crippen molar-refractivity contribution in [3.8, 4) is 0 Å². The van der Waals surface area contributed by atoms with Crippen molar-refractivity contribution in [1.29, 1.82) is 0 Å². The Labute approximate surface area is 121 Å². The fraction of sp³-hybridized carbons (Fsp3) is 0.833. The molecule has 7 heteroatoms. The Bertz CT molecular complexity index is 429. The highest BCUT2D eigenvalue weighted by Gasteiger charge is 2.33. The fourth-order valence-electron chi connectivity index (χ4n) is 2.55. The Morgan fingerprint density at radius 3 is 3.00 bits per heavy atom. The molecule has 3 rings (SSSR count). The Balaban J connectivity index is 1.73. The lowest BCUT2D eigenvalue weighted by Crippen LogP contribution is -2.19. The van der Waals surface area contributed by atoms with Gasteiger partial charge in [-0.15, -0.1) is 11.8 Å². The van der Waals surface area contributed by atoms with Crippen molar-refractivity contribution in [3.05, 3.63) is 11.7 Å². The molecule has 0 bridgehead atoms. The molecule has 4 atom stereocenters. The molecule has 2 aliphatic heterocycles.